The van der Waals surface area contributed by atoms with Crippen LogP contribution in [0, 0.1) is 0 Å². The Morgan fingerprint density at radius 1 is 0.963 bits per heavy atom. The number of halogens is 1. The Bertz CT molecular complexity index is 924. The minimum atomic E-state index is -0.878. The molecule has 138 valence electrons. The highest BCUT2D eigenvalue weighted by molar-refractivity contribution is 9.10. The van der Waals surface area contributed by atoms with Crippen LogP contribution in [-0.4, -0.2) is 34.2 Å². The number of amidine groups is 1. The normalized spacial score (nSPS) is 14.4. The summed E-state index contributed by atoms with van der Waals surface area (Å²) >= 11 is 3.34. The Morgan fingerprint density at radius 3 is 1.96 bits per heavy atom. The summed E-state index contributed by atoms with van der Waals surface area (Å²) < 4.78 is 6.05. The number of ether oxygens (including phenoxy) is 1. The van der Waals surface area contributed by atoms with Crippen LogP contribution in [0.3, 0.4) is 0 Å². The van der Waals surface area contributed by atoms with E-state index in [1.54, 1.807) is 69.3 Å². The van der Waals surface area contributed by atoms with Crippen LogP contribution >= 0.6 is 15.9 Å². The molecule has 1 aliphatic rings. The van der Waals surface area contributed by atoms with Gasteiger partial charge in [0.15, 0.2) is 5.84 Å². The van der Waals surface area contributed by atoms with Crippen molar-refractivity contribution in [2.75, 3.05) is 0 Å². The van der Waals surface area contributed by atoms with Crippen LogP contribution in [-0.2, 0) is 4.74 Å². The molecule has 1 aliphatic heterocycles. The van der Waals surface area contributed by atoms with E-state index in [4.69, 9.17) is 4.74 Å². The standard InChI is InChI=1S/C20H17BrN2O4/c1-20(2,3)27-19(26)22-16(12-8-10-13(21)11-9-12)23-17(24)14-6-4-5-7-15(14)18(23)25/h4-11H,1-3H3/b22-16-. The van der Waals surface area contributed by atoms with Crippen molar-refractivity contribution in [3.8, 4) is 0 Å². The molecule has 0 spiro atoms. The number of carbonyl (C=O) groups is 3. The molecule has 6 nitrogen and oxygen atoms in total. The highest BCUT2D eigenvalue weighted by Gasteiger charge is 2.39. The summed E-state index contributed by atoms with van der Waals surface area (Å²) in [4.78, 5) is 42.8. The van der Waals surface area contributed by atoms with Gasteiger partial charge in [0, 0.05) is 10.0 Å². The Labute approximate surface area is 165 Å². The molecule has 0 atom stereocenters. The Kier molecular flexibility index (Phi) is 4.97. The van der Waals surface area contributed by atoms with Crippen molar-refractivity contribution in [3.63, 3.8) is 0 Å². The summed E-state index contributed by atoms with van der Waals surface area (Å²) in [6.07, 6.45) is -0.878. The molecule has 2 aromatic carbocycles. The van der Waals surface area contributed by atoms with E-state index < -0.39 is 23.5 Å². The largest absolute Gasteiger partial charge is 0.442 e. The van der Waals surface area contributed by atoms with E-state index >= 15 is 0 Å². The van der Waals surface area contributed by atoms with E-state index in [2.05, 4.69) is 20.9 Å². The van der Waals surface area contributed by atoms with Crippen molar-refractivity contribution in [1.29, 1.82) is 0 Å². The molecule has 3 rings (SSSR count). The number of benzene rings is 2. The lowest BCUT2D eigenvalue weighted by atomic mass is 10.1. The molecule has 2 aromatic rings. The van der Waals surface area contributed by atoms with E-state index in [1.807, 2.05) is 0 Å². The number of nitrogens with zero attached hydrogens (tertiary/aromatic N) is 2. The maximum absolute atomic E-state index is 12.8. The summed E-state index contributed by atoms with van der Waals surface area (Å²) in [6.45, 7) is 5.13. The quantitative estimate of drug-likeness (QED) is 0.382. The van der Waals surface area contributed by atoms with Crippen LogP contribution in [0.1, 0.15) is 47.1 Å². The first-order valence-corrected chi connectivity index (χ1v) is 9.02. The second-order valence-corrected chi connectivity index (χ2v) is 7.83. The van der Waals surface area contributed by atoms with Crippen molar-refractivity contribution < 1.29 is 19.1 Å². The lowest BCUT2D eigenvalue weighted by molar-refractivity contribution is 0.0602. The minimum absolute atomic E-state index is 0.0667. The van der Waals surface area contributed by atoms with Gasteiger partial charge in [0.2, 0.25) is 0 Å². The minimum Gasteiger partial charge on any atom is -0.442 e. The second kappa shape index (κ2) is 7.08. The Hall–Kier alpha value is -2.80. The number of amides is 3. The zero-order chi connectivity index (χ0) is 19.8. The fraction of sp³-hybridized carbons (Fsp3) is 0.200. The lowest BCUT2D eigenvalue weighted by Gasteiger charge is -2.20. The van der Waals surface area contributed by atoms with E-state index in [9.17, 15) is 14.4 Å². The van der Waals surface area contributed by atoms with Crippen LogP contribution in [0.4, 0.5) is 4.79 Å². The van der Waals surface area contributed by atoms with Gasteiger partial charge in [-0.05, 0) is 45.0 Å². The molecule has 3 amide bonds. The molecule has 0 saturated carbocycles. The Morgan fingerprint density at radius 2 is 1.48 bits per heavy atom. The molecule has 0 unspecified atom stereocenters. The number of hydrogen-bond donors (Lipinski definition) is 0. The molecule has 0 aromatic heterocycles. The first kappa shape index (κ1) is 19.0. The summed E-state index contributed by atoms with van der Waals surface area (Å²) in [5, 5.41) is 0. The van der Waals surface area contributed by atoms with Crippen LogP contribution in [0.25, 0.3) is 0 Å². The van der Waals surface area contributed by atoms with Crippen molar-refractivity contribution >= 4 is 39.7 Å². The third kappa shape index (κ3) is 3.98. The molecule has 0 N–H and O–H groups in total. The smallest absolute Gasteiger partial charge is 0.436 e. The average Bonchev–Trinajstić information content (AvgIpc) is 2.84. The topological polar surface area (TPSA) is 76.0 Å². The fourth-order valence-corrected chi connectivity index (χ4v) is 2.86. The average molecular weight is 429 g/mol. The van der Waals surface area contributed by atoms with Crippen molar-refractivity contribution in [1.82, 2.24) is 4.90 Å². The van der Waals surface area contributed by atoms with Gasteiger partial charge >= 0.3 is 6.09 Å². The molecule has 0 fully saturated rings. The van der Waals surface area contributed by atoms with Gasteiger partial charge in [-0.15, -0.1) is 0 Å². The number of fused-ring (bicyclic) bond motifs is 1. The Balaban J connectivity index is 2.08. The lowest BCUT2D eigenvalue weighted by Crippen LogP contribution is -2.38. The monoisotopic (exact) mass is 428 g/mol. The number of imide groups is 1. The molecular formula is C20H17BrN2O4. The van der Waals surface area contributed by atoms with E-state index in [0.29, 0.717) is 5.56 Å². The summed E-state index contributed by atoms with van der Waals surface area (Å²) in [6, 6.07) is 13.3. The van der Waals surface area contributed by atoms with Crippen LogP contribution in [0.5, 0.6) is 0 Å². The SMILES string of the molecule is CC(C)(C)OC(=O)/N=C(/c1ccc(Br)cc1)N1C(=O)c2ccccc2C1=O. The van der Waals surface area contributed by atoms with Gasteiger partial charge in [0.05, 0.1) is 11.1 Å². The van der Waals surface area contributed by atoms with Crippen LogP contribution in [0.15, 0.2) is 58.0 Å². The summed E-state index contributed by atoms with van der Waals surface area (Å²) in [5.41, 5.74) is 0.236. The molecule has 0 bridgehead atoms. The molecule has 7 heteroatoms. The van der Waals surface area contributed by atoms with Gasteiger partial charge < -0.3 is 4.74 Å². The van der Waals surface area contributed by atoms with Crippen LogP contribution < -0.4 is 0 Å². The molecular weight excluding hydrogens is 412 g/mol. The maximum Gasteiger partial charge on any atom is 0.436 e. The fourth-order valence-electron chi connectivity index (χ4n) is 2.60. The second-order valence-electron chi connectivity index (χ2n) is 6.91. The van der Waals surface area contributed by atoms with Gasteiger partial charge in [-0.2, -0.15) is 4.99 Å². The molecule has 0 saturated heterocycles. The first-order valence-electron chi connectivity index (χ1n) is 8.23. The number of hydrogen-bond acceptors (Lipinski definition) is 4. The predicted octanol–water partition coefficient (Wildman–Crippen LogP) is 4.43. The number of aliphatic imine (C=N–C) groups is 1. The highest BCUT2D eigenvalue weighted by atomic mass is 79.9. The van der Waals surface area contributed by atoms with E-state index in [-0.39, 0.29) is 17.0 Å². The first-order chi connectivity index (χ1) is 12.7. The highest BCUT2D eigenvalue weighted by Crippen LogP contribution is 2.25. The molecule has 0 aliphatic carbocycles. The summed E-state index contributed by atoms with van der Waals surface area (Å²) in [7, 11) is 0. The van der Waals surface area contributed by atoms with Crippen LogP contribution in [0.2, 0.25) is 0 Å². The zero-order valence-corrected chi connectivity index (χ0v) is 16.6. The maximum atomic E-state index is 12.8. The van der Waals surface area contributed by atoms with Gasteiger partial charge in [0.25, 0.3) is 11.8 Å². The third-order valence-corrected chi connectivity index (χ3v) is 4.23. The van der Waals surface area contributed by atoms with E-state index in [1.165, 1.54) is 0 Å². The third-order valence-electron chi connectivity index (χ3n) is 3.70. The van der Waals surface area contributed by atoms with Gasteiger partial charge in [-0.25, -0.2) is 9.69 Å². The van der Waals surface area contributed by atoms with Crippen molar-refractivity contribution in [2.45, 2.75) is 26.4 Å². The predicted molar refractivity (Wildman–Crippen MR) is 104 cm³/mol. The van der Waals surface area contributed by atoms with Gasteiger partial charge in [-0.1, -0.05) is 40.2 Å². The van der Waals surface area contributed by atoms with Crippen molar-refractivity contribution in [3.05, 3.63) is 69.7 Å². The van der Waals surface area contributed by atoms with Crippen molar-refractivity contribution in [2.24, 2.45) is 4.99 Å². The zero-order valence-electron chi connectivity index (χ0n) is 15.0. The number of rotatable bonds is 1. The van der Waals surface area contributed by atoms with Gasteiger partial charge in [-0.3, -0.25) is 9.59 Å². The van der Waals surface area contributed by atoms with Gasteiger partial charge in [0.1, 0.15) is 5.60 Å². The molecule has 1 heterocycles. The number of carbonyl (C=O) groups excluding carboxylic acids is 3. The van der Waals surface area contributed by atoms with E-state index in [0.717, 1.165) is 9.37 Å². The molecule has 27 heavy (non-hydrogen) atoms. The molecule has 0 radical (unpaired) electrons. The summed E-state index contributed by atoms with van der Waals surface area (Å²) in [5.74, 6) is -1.12.